The van der Waals surface area contributed by atoms with Gasteiger partial charge in [-0.3, -0.25) is 0 Å². The van der Waals surface area contributed by atoms with Crippen LogP contribution in [0.25, 0.3) is 0 Å². The zero-order valence-corrected chi connectivity index (χ0v) is 9.02. The second kappa shape index (κ2) is 3.71. The first-order valence-electron chi connectivity index (χ1n) is 4.09. The molecule has 80 valence electrons. The number of carboxylic acids is 1. The lowest BCUT2D eigenvalue weighted by atomic mass is 10.1. The van der Waals surface area contributed by atoms with Gasteiger partial charge in [0.25, 0.3) is 0 Å². The predicted octanol–water partition coefficient (Wildman–Crippen LogP) is 1.30. The molecule has 0 fully saturated rings. The van der Waals surface area contributed by atoms with Gasteiger partial charge in [-0.1, -0.05) is 15.9 Å². The highest BCUT2D eigenvalue weighted by Gasteiger charge is 2.23. The van der Waals surface area contributed by atoms with Crippen molar-refractivity contribution in [1.82, 2.24) is 0 Å². The Morgan fingerprint density at radius 1 is 1.40 bits per heavy atom. The number of fused-ring (bicyclic) bond motifs is 1. The van der Waals surface area contributed by atoms with Crippen molar-refractivity contribution in [3.63, 3.8) is 0 Å². The highest BCUT2D eigenvalue weighted by atomic mass is 79.9. The van der Waals surface area contributed by atoms with Crippen molar-refractivity contribution >= 4 is 21.9 Å². The first kappa shape index (κ1) is 10.3. The SMILES string of the molecule is O=C(O)C(O)c1cc2c(cc1Br)OCO2. The van der Waals surface area contributed by atoms with Crippen LogP contribution in [0.2, 0.25) is 0 Å². The average Bonchev–Trinajstić information content (AvgIpc) is 2.62. The Kier molecular flexibility index (Phi) is 2.54. The summed E-state index contributed by atoms with van der Waals surface area (Å²) in [6, 6.07) is 3.02. The van der Waals surface area contributed by atoms with Gasteiger partial charge in [0.05, 0.1) is 0 Å². The molecule has 0 spiro atoms. The third kappa shape index (κ3) is 1.78. The Morgan fingerprint density at radius 2 is 2.00 bits per heavy atom. The van der Waals surface area contributed by atoms with E-state index in [1.54, 1.807) is 6.07 Å². The lowest BCUT2D eigenvalue weighted by molar-refractivity contribution is -0.147. The molecule has 15 heavy (non-hydrogen) atoms. The number of aliphatic carboxylic acids is 1. The van der Waals surface area contributed by atoms with Gasteiger partial charge in [-0.25, -0.2) is 4.79 Å². The zero-order chi connectivity index (χ0) is 11.0. The van der Waals surface area contributed by atoms with Crippen LogP contribution in [0, 0.1) is 0 Å². The quantitative estimate of drug-likeness (QED) is 0.850. The number of carbonyl (C=O) groups is 1. The molecule has 2 rings (SSSR count). The van der Waals surface area contributed by atoms with Crippen molar-refractivity contribution < 1.29 is 24.5 Å². The third-order valence-electron chi connectivity index (χ3n) is 2.02. The number of carboxylic acid groups (broad SMARTS) is 1. The molecule has 1 aliphatic rings. The maximum Gasteiger partial charge on any atom is 0.337 e. The van der Waals surface area contributed by atoms with Gasteiger partial charge in [0, 0.05) is 10.0 Å². The summed E-state index contributed by atoms with van der Waals surface area (Å²) in [6.07, 6.45) is -1.58. The second-order valence-corrected chi connectivity index (χ2v) is 3.82. The molecule has 0 bridgehead atoms. The van der Waals surface area contributed by atoms with Gasteiger partial charge in [-0.2, -0.15) is 0 Å². The molecule has 1 aromatic carbocycles. The van der Waals surface area contributed by atoms with Crippen molar-refractivity contribution in [3.05, 3.63) is 22.2 Å². The van der Waals surface area contributed by atoms with E-state index < -0.39 is 12.1 Å². The number of hydrogen-bond donors (Lipinski definition) is 2. The molecule has 0 aliphatic carbocycles. The number of hydrogen-bond acceptors (Lipinski definition) is 4. The van der Waals surface area contributed by atoms with Crippen LogP contribution >= 0.6 is 15.9 Å². The molecule has 5 nitrogen and oxygen atoms in total. The number of halogens is 1. The van der Waals surface area contributed by atoms with Crippen molar-refractivity contribution in [3.8, 4) is 11.5 Å². The fraction of sp³-hybridized carbons (Fsp3) is 0.222. The minimum absolute atomic E-state index is 0.106. The molecule has 1 aromatic rings. The summed E-state index contributed by atoms with van der Waals surface area (Å²) in [5, 5.41) is 18.0. The number of ether oxygens (including phenoxy) is 2. The lowest BCUT2D eigenvalue weighted by Gasteiger charge is -2.09. The highest BCUT2D eigenvalue weighted by molar-refractivity contribution is 9.10. The smallest absolute Gasteiger partial charge is 0.337 e. The first-order valence-corrected chi connectivity index (χ1v) is 4.89. The van der Waals surface area contributed by atoms with E-state index in [-0.39, 0.29) is 12.4 Å². The number of rotatable bonds is 2. The summed E-state index contributed by atoms with van der Waals surface area (Å²) in [5.74, 6) is -0.341. The predicted molar refractivity (Wildman–Crippen MR) is 52.9 cm³/mol. The van der Waals surface area contributed by atoms with Gasteiger partial charge >= 0.3 is 5.97 Å². The molecule has 0 saturated carbocycles. The van der Waals surface area contributed by atoms with E-state index in [2.05, 4.69) is 15.9 Å². The van der Waals surface area contributed by atoms with Crippen molar-refractivity contribution in [2.45, 2.75) is 6.10 Å². The maximum atomic E-state index is 10.6. The van der Waals surface area contributed by atoms with E-state index in [4.69, 9.17) is 14.6 Å². The van der Waals surface area contributed by atoms with Crippen LogP contribution in [0.5, 0.6) is 11.5 Å². The normalized spacial score (nSPS) is 15.1. The van der Waals surface area contributed by atoms with Gasteiger partial charge in [0.1, 0.15) is 0 Å². The topological polar surface area (TPSA) is 76.0 Å². The molecule has 6 heteroatoms. The summed E-state index contributed by atoms with van der Waals surface area (Å²) in [5.41, 5.74) is 0.242. The Hall–Kier alpha value is -1.27. The number of benzene rings is 1. The summed E-state index contributed by atoms with van der Waals surface area (Å²) >= 11 is 3.16. The molecule has 1 atom stereocenters. The Bertz CT molecular complexity index is 417. The van der Waals surface area contributed by atoms with Crippen LogP contribution in [0.1, 0.15) is 11.7 Å². The van der Waals surface area contributed by atoms with Crippen molar-refractivity contribution in [2.75, 3.05) is 6.79 Å². The van der Waals surface area contributed by atoms with Gasteiger partial charge < -0.3 is 19.7 Å². The van der Waals surface area contributed by atoms with Crippen LogP contribution in [0.15, 0.2) is 16.6 Å². The second-order valence-electron chi connectivity index (χ2n) is 2.97. The Labute approximate surface area is 93.4 Å². The molecule has 1 heterocycles. The fourth-order valence-electron chi connectivity index (χ4n) is 1.28. The minimum atomic E-state index is -1.58. The number of aliphatic hydroxyl groups excluding tert-OH is 1. The zero-order valence-electron chi connectivity index (χ0n) is 7.44. The standard InChI is InChI=1S/C9H7BrO5/c10-5-2-7-6(14-3-15-7)1-4(5)8(11)9(12)13/h1-2,8,11H,3H2,(H,12,13). The van der Waals surface area contributed by atoms with Crippen LogP contribution in [0.3, 0.4) is 0 Å². The van der Waals surface area contributed by atoms with Gasteiger partial charge in [-0.05, 0) is 12.1 Å². The average molecular weight is 275 g/mol. The van der Waals surface area contributed by atoms with Crippen molar-refractivity contribution in [1.29, 1.82) is 0 Å². The van der Waals surface area contributed by atoms with Crippen LogP contribution in [-0.2, 0) is 4.79 Å². The summed E-state index contributed by atoms with van der Waals surface area (Å²) in [4.78, 5) is 10.6. The fourth-order valence-corrected chi connectivity index (χ4v) is 1.81. The molecule has 0 radical (unpaired) electrons. The summed E-state index contributed by atoms with van der Waals surface area (Å²) in [6.45, 7) is 0.106. The Morgan fingerprint density at radius 3 is 2.60 bits per heavy atom. The largest absolute Gasteiger partial charge is 0.479 e. The Balaban J connectivity index is 2.44. The summed E-state index contributed by atoms with van der Waals surface area (Å²) in [7, 11) is 0. The molecule has 0 aromatic heterocycles. The van der Waals surface area contributed by atoms with E-state index in [1.165, 1.54) is 6.07 Å². The molecule has 2 N–H and O–H groups in total. The van der Waals surface area contributed by atoms with E-state index in [0.29, 0.717) is 16.0 Å². The van der Waals surface area contributed by atoms with E-state index >= 15 is 0 Å². The van der Waals surface area contributed by atoms with Gasteiger partial charge in [0.2, 0.25) is 6.79 Å². The van der Waals surface area contributed by atoms with E-state index in [1.807, 2.05) is 0 Å². The third-order valence-corrected chi connectivity index (χ3v) is 2.71. The van der Waals surface area contributed by atoms with Crippen molar-refractivity contribution in [2.24, 2.45) is 0 Å². The lowest BCUT2D eigenvalue weighted by Crippen LogP contribution is -2.10. The monoisotopic (exact) mass is 274 g/mol. The molecule has 0 amide bonds. The maximum absolute atomic E-state index is 10.6. The van der Waals surface area contributed by atoms with Gasteiger partial charge in [0.15, 0.2) is 17.6 Å². The summed E-state index contributed by atoms with van der Waals surface area (Å²) < 4.78 is 10.6. The molecule has 1 aliphatic heterocycles. The first-order chi connectivity index (χ1) is 7.09. The molecular weight excluding hydrogens is 268 g/mol. The van der Waals surface area contributed by atoms with Crippen LogP contribution in [-0.4, -0.2) is 23.0 Å². The van der Waals surface area contributed by atoms with E-state index in [9.17, 15) is 9.90 Å². The van der Waals surface area contributed by atoms with Crippen LogP contribution < -0.4 is 9.47 Å². The molecule has 0 saturated heterocycles. The number of aliphatic hydroxyl groups is 1. The van der Waals surface area contributed by atoms with E-state index in [0.717, 1.165) is 0 Å². The highest BCUT2D eigenvalue weighted by Crippen LogP contribution is 2.38. The molecule has 1 unspecified atom stereocenters. The van der Waals surface area contributed by atoms with Gasteiger partial charge in [-0.15, -0.1) is 0 Å². The van der Waals surface area contributed by atoms with Crippen LogP contribution in [0.4, 0.5) is 0 Å². The minimum Gasteiger partial charge on any atom is -0.479 e. The molecular formula is C9H7BrO5.